The predicted octanol–water partition coefficient (Wildman–Crippen LogP) is 1.42. The first kappa shape index (κ1) is 7.63. The maximum Gasteiger partial charge on any atom is 0.148 e. The quantitative estimate of drug-likeness (QED) is 0.710. The molecule has 0 fully saturated rings. The summed E-state index contributed by atoms with van der Waals surface area (Å²) >= 11 is 1.32. The maximum absolute atomic E-state index is 12.8. The first-order chi connectivity index (χ1) is 4.75. The van der Waals surface area contributed by atoms with Gasteiger partial charge in [-0.05, 0) is 6.92 Å². The molecule has 1 heterocycles. The van der Waals surface area contributed by atoms with E-state index in [0.29, 0.717) is 4.88 Å². The summed E-state index contributed by atoms with van der Waals surface area (Å²) in [6, 6.07) is 0. The number of hydrogen-bond acceptors (Lipinski definition) is 3. The Labute approximate surface area is 62.9 Å². The summed E-state index contributed by atoms with van der Waals surface area (Å²) in [7, 11) is 0. The molecule has 0 aliphatic rings. The summed E-state index contributed by atoms with van der Waals surface area (Å²) in [6.45, 7) is 1.83. The number of alkyl halides is 1. The number of nitrogens with zero attached hydrogens (tertiary/aromatic N) is 1. The van der Waals surface area contributed by atoms with Gasteiger partial charge in [0.25, 0.3) is 0 Å². The van der Waals surface area contributed by atoms with E-state index in [9.17, 15) is 4.39 Å². The Kier molecular flexibility index (Phi) is 2.34. The smallest absolute Gasteiger partial charge is 0.148 e. The standard InChI is InChI=1S/C6H9FN2S/c1-4-6(5(7)2-8)10-3-9-4/h3,5H,2,8H2,1H3. The third kappa shape index (κ3) is 1.33. The second kappa shape index (κ2) is 3.07. The molecule has 2 N–H and O–H groups in total. The Morgan fingerprint density at radius 2 is 2.60 bits per heavy atom. The van der Waals surface area contributed by atoms with E-state index in [1.54, 1.807) is 12.4 Å². The van der Waals surface area contributed by atoms with Crippen LogP contribution in [0.25, 0.3) is 0 Å². The third-order valence-electron chi connectivity index (χ3n) is 1.27. The lowest BCUT2D eigenvalue weighted by molar-refractivity contribution is 0.357. The molecule has 0 radical (unpaired) electrons. The van der Waals surface area contributed by atoms with Crippen molar-refractivity contribution < 1.29 is 4.39 Å². The van der Waals surface area contributed by atoms with Gasteiger partial charge in [-0.1, -0.05) is 0 Å². The fraction of sp³-hybridized carbons (Fsp3) is 0.500. The highest BCUT2D eigenvalue weighted by atomic mass is 32.1. The highest BCUT2D eigenvalue weighted by molar-refractivity contribution is 7.09. The molecular weight excluding hydrogens is 151 g/mol. The van der Waals surface area contributed by atoms with Crippen LogP contribution in [0.2, 0.25) is 0 Å². The Morgan fingerprint density at radius 1 is 1.90 bits per heavy atom. The monoisotopic (exact) mass is 160 g/mol. The summed E-state index contributed by atoms with van der Waals surface area (Å²) in [5, 5.41) is 0. The van der Waals surface area contributed by atoms with E-state index in [2.05, 4.69) is 4.98 Å². The Hall–Kier alpha value is -0.480. The van der Waals surface area contributed by atoms with E-state index in [4.69, 9.17) is 5.73 Å². The van der Waals surface area contributed by atoms with Crippen molar-refractivity contribution in [3.05, 3.63) is 16.1 Å². The average Bonchev–Trinajstić information content (AvgIpc) is 2.34. The zero-order valence-electron chi connectivity index (χ0n) is 5.67. The summed E-state index contributed by atoms with van der Waals surface area (Å²) < 4.78 is 12.8. The van der Waals surface area contributed by atoms with Crippen molar-refractivity contribution >= 4 is 11.3 Å². The van der Waals surface area contributed by atoms with Crippen LogP contribution in [0.4, 0.5) is 4.39 Å². The topological polar surface area (TPSA) is 38.9 Å². The molecule has 1 atom stereocenters. The van der Waals surface area contributed by atoms with Gasteiger partial charge in [-0.25, -0.2) is 9.37 Å². The van der Waals surface area contributed by atoms with E-state index in [0.717, 1.165) is 5.69 Å². The van der Waals surface area contributed by atoms with Crippen LogP contribution in [0.15, 0.2) is 5.51 Å². The average molecular weight is 160 g/mol. The molecule has 56 valence electrons. The number of aryl methyl sites for hydroxylation is 1. The van der Waals surface area contributed by atoms with E-state index in [1.165, 1.54) is 11.3 Å². The van der Waals surface area contributed by atoms with Crippen molar-refractivity contribution in [3.63, 3.8) is 0 Å². The van der Waals surface area contributed by atoms with Crippen LogP contribution in [0.1, 0.15) is 16.7 Å². The zero-order valence-corrected chi connectivity index (χ0v) is 6.49. The van der Waals surface area contributed by atoms with Crippen LogP contribution in [0, 0.1) is 6.92 Å². The van der Waals surface area contributed by atoms with Crippen molar-refractivity contribution in [2.75, 3.05) is 6.54 Å². The lowest BCUT2D eigenvalue weighted by Crippen LogP contribution is -2.07. The van der Waals surface area contributed by atoms with Gasteiger partial charge in [-0.15, -0.1) is 11.3 Å². The van der Waals surface area contributed by atoms with E-state index < -0.39 is 6.17 Å². The van der Waals surface area contributed by atoms with Crippen LogP contribution in [0.3, 0.4) is 0 Å². The highest BCUT2D eigenvalue weighted by Gasteiger charge is 2.11. The van der Waals surface area contributed by atoms with Crippen molar-refractivity contribution in [2.45, 2.75) is 13.1 Å². The third-order valence-corrected chi connectivity index (χ3v) is 2.29. The molecule has 4 heteroatoms. The molecule has 0 saturated heterocycles. The summed E-state index contributed by atoms with van der Waals surface area (Å²) in [6.07, 6.45) is -1.03. The highest BCUT2D eigenvalue weighted by Crippen LogP contribution is 2.23. The minimum Gasteiger partial charge on any atom is -0.327 e. The van der Waals surface area contributed by atoms with Crippen LogP contribution in [-0.2, 0) is 0 Å². The molecule has 10 heavy (non-hydrogen) atoms. The molecule has 1 rings (SSSR count). The minimum absolute atomic E-state index is 0.0447. The predicted molar refractivity (Wildman–Crippen MR) is 39.8 cm³/mol. The summed E-state index contributed by atoms with van der Waals surface area (Å²) in [4.78, 5) is 4.56. The molecule has 1 aromatic heterocycles. The lowest BCUT2D eigenvalue weighted by Gasteiger charge is -2.00. The molecule has 1 unspecified atom stereocenters. The number of nitrogens with two attached hydrogens (primary N) is 1. The molecule has 2 nitrogen and oxygen atoms in total. The largest absolute Gasteiger partial charge is 0.327 e. The van der Waals surface area contributed by atoms with Crippen LogP contribution < -0.4 is 5.73 Å². The Balaban J connectivity index is 2.82. The normalized spacial score (nSPS) is 13.5. The molecule has 0 aliphatic carbocycles. The van der Waals surface area contributed by atoms with Gasteiger partial charge >= 0.3 is 0 Å². The van der Waals surface area contributed by atoms with Crippen LogP contribution in [-0.4, -0.2) is 11.5 Å². The summed E-state index contributed by atoms with van der Waals surface area (Å²) in [5.74, 6) is 0. The lowest BCUT2D eigenvalue weighted by atomic mass is 10.3. The van der Waals surface area contributed by atoms with Crippen molar-refractivity contribution in [2.24, 2.45) is 5.73 Å². The van der Waals surface area contributed by atoms with E-state index >= 15 is 0 Å². The van der Waals surface area contributed by atoms with Crippen molar-refractivity contribution in [1.82, 2.24) is 4.98 Å². The van der Waals surface area contributed by atoms with Crippen molar-refractivity contribution in [1.29, 1.82) is 0 Å². The first-order valence-electron chi connectivity index (χ1n) is 3.00. The second-order valence-corrected chi connectivity index (χ2v) is 2.89. The van der Waals surface area contributed by atoms with Gasteiger partial charge in [0.1, 0.15) is 6.17 Å². The van der Waals surface area contributed by atoms with Crippen molar-refractivity contribution in [3.8, 4) is 0 Å². The number of hydrogen-bond donors (Lipinski definition) is 1. The number of thiazole rings is 1. The van der Waals surface area contributed by atoms with Gasteiger partial charge < -0.3 is 5.73 Å². The minimum atomic E-state index is -1.03. The molecule has 1 aromatic rings. The number of halogens is 1. The van der Waals surface area contributed by atoms with Gasteiger partial charge in [-0.2, -0.15) is 0 Å². The van der Waals surface area contributed by atoms with E-state index in [-0.39, 0.29) is 6.54 Å². The second-order valence-electron chi connectivity index (χ2n) is 2.01. The van der Waals surface area contributed by atoms with Gasteiger partial charge in [0, 0.05) is 6.54 Å². The maximum atomic E-state index is 12.8. The SMILES string of the molecule is Cc1ncsc1C(F)CN. The molecule has 0 saturated carbocycles. The molecule has 0 spiro atoms. The van der Waals surface area contributed by atoms with Gasteiger partial charge in [0.2, 0.25) is 0 Å². The molecular formula is C6H9FN2S. The number of aromatic nitrogens is 1. The fourth-order valence-electron chi connectivity index (χ4n) is 0.719. The zero-order chi connectivity index (χ0) is 7.56. The van der Waals surface area contributed by atoms with Crippen LogP contribution in [0.5, 0.6) is 0 Å². The van der Waals surface area contributed by atoms with Gasteiger partial charge in [0.15, 0.2) is 0 Å². The fourth-order valence-corrected chi connectivity index (χ4v) is 1.51. The summed E-state index contributed by atoms with van der Waals surface area (Å²) in [5.41, 5.74) is 7.52. The van der Waals surface area contributed by atoms with Gasteiger partial charge in [0.05, 0.1) is 16.1 Å². The first-order valence-corrected chi connectivity index (χ1v) is 3.87. The molecule has 0 amide bonds. The molecule has 0 bridgehead atoms. The van der Waals surface area contributed by atoms with E-state index in [1.807, 2.05) is 0 Å². The Morgan fingerprint density at radius 3 is 3.00 bits per heavy atom. The number of rotatable bonds is 2. The van der Waals surface area contributed by atoms with Crippen LogP contribution >= 0.6 is 11.3 Å². The van der Waals surface area contributed by atoms with Gasteiger partial charge in [-0.3, -0.25) is 0 Å². The molecule has 0 aromatic carbocycles. The Bertz CT molecular complexity index is 211. The molecule has 0 aliphatic heterocycles.